The first-order chi connectivity index (χ1) is 14.6. The molecule has 1 aromatic rings. The standard InChI is InChI=1S/C22H31NO8/c1-5-6-7-8-21(26)29-14(2)13-28-22(27)18(23)11-17-9-10-19(30-15(3)24)20(12-17)31-16(4)25/h9-10,12,14,18H,5-8,11,13,23H2,1-4H3/t14-,18-/m0/s1. The number of carbonyl (C=O) groups is 4. The van der Waals surface area contributed by atoms with Gasteiger partial charge in [-0.1, -0.05) is 25.8 Å². The zero-order valence-corrected chi connectivity index (χ0v) is 18.5. The zero-order valence-electron chi connectivity index (χ0n) is 18.5. The van der Waals surface area contributed by atoms with E-state index in [9.17, 15) is 19.2 Å². The smallest absolute Gasteiger partial charge is 0.323 e. The molecule has 0 saturated heterocycles. The van der Waals surface area contributed by atoms with Crippen LogP contribution in [0.15, 0.2) is 18.2 Å². The van der Waals surface area contributed by atoms with Gasteiger partial charge in [0.15, 0.2) is 11.5 Å². The minimum Gasteiger partial charge on any atom is -0.461 e. The molecular formula is C22H31NO8. The van der Waals surface area contributed by atoms with Crippen LogP contribution in [0, 0.1) is 0 Å². The van der Waals surface area contributed by atoms with Crippen molar-refractivity contribution >= 4 is 23.9 Å². The molecule has 0 amide bonds. The van der Waals surface area contributed by atoms with Crippen molar-refractivity contribution in [2.75, 3.05) is 6.61 Å². The summed E-state index contributed by atoms with van der Waals surface area (Å²) in [5.74, 6) is -2.02. The van der Waals surface area contributed by atoms with Crippen LogP contribution in [0.2, 0.25) is 0 Å². The Labute approximate surface area is 182 Å². The molecule has 0 heterocycles. The molecule has 0 aliphatic heterocycles. The van der Waals surface area contributed by atoms with Crippen LogP contribution in [0.5, 0.6) is 11.5 Å². The summed E-state index contributed by atoms with van der Waals surface area (Å²) in [6.45, 7) is 6.01. The van der Waals surface area contributed by atoms with Crippen molar-refractivity contribution in [3.05, 3.63) is 23.8 Å². The fraction of sp³-hybridized carbons (Fsp3) is 0.545. The van der Waals surface area contributed by atoms with E-state index in [1.807, 2.05) is 6.92 Å². The highest BCUT2D eigenvalue weighted by Gasteiger charge is 2.20. The maximum atomic E-state index is 12.2. The Morgan fingerprint density at radius 3 is 2.26 bits per heavy atom. The summed E-state index contributed by atoms with van der Waals surface area (Å²) in [6.07, 6.45) is 2.57. The van der Waals surface area contributed by atoms with Crippen LogP contribution in [-0.2, 0) is 35.1 Å². The number of carbonyl (C=O) groups excluding carboxylic acids is 4. The van der Waals surface area contributed by atoms with Crippen molar-refractivity contribution in [2.24, 2.45) is 5.73 Å². The van der Waals surface area contributed by atoms with E-state index >= 15 is 0 Å². The quantitative estimate of drug-likeness (QED) is 0.297. The molecule has 0 bridgehead atoms. The normalized spacial score (nSPS) is 12.4. The van der Waals surface area contributed by atoms with Crippen molar-refractivity contribution in [2.45, 2.75) is 71.9 Å². The lowest BCUT2D eigenvalue weighted by Gasteiger charge is -2.16. The number of hydrogen-bond donors (Lipinski definition) is 1. The molecule has 172 valence electrons. The first kappa shape index (κ1) is 26.1. The van der Waals surface area contributed by atoms with Crippen molar-refractivity contribution in [1.82, 2.24) is 0 Å². The number of ether oxygens (including phenoxy) is 4. The molecule has 31 heavy (non-hydrogen) atoms. The van der Waals surface area contributed by atoms with E-state index in [0.29, 0.717) is 12.0 Å². The fourth-order valence-electron chi connectivity index (χ4n) is 2.63. The minimum absolute atomic E-state index is 0.0457. The van der Waals surface area contributed by atoms with E-state index < -0.39 is 30.1 Å². The summed E-state index contributed by atoms with van der Waals surface area (Å²) in [7, 11) is 0. The molecule has 0 aliphatic rings. The number of nitrogens with two attached hydrogens (primary N) is 1. The Morgan fingerprint density at radius 2 is 1.65 bits per heavy atom. The third-order valence-electron chi connectivity index (χ3n) is 4.05. The lowest BCUT2D eigenvalue weighted by molar-refractivity contribution is -0.158. The number of esters is 4. The number of benzene rings is 1. The molecule has 1 aromatic carbocycles. The van der Waals surface area contributed by atoms with E-state index in [2.05, 4.69) is 0 Å². The second-order valence-corrected chi connectivity index (χ2v) is 7.17. The van der Waals surface area contributed by atoms with Crippen LogP contribution in [0.1, 0.15) is 58.9 Å². The largest absolute Gasteiger partial charge is 0.461 e. The molecule has 0 unspecified atom stereocenters. The van der Waals surface area contributed by atoms with Gasteiger partial charge in [-0.25, -0.2) is 0 Å². The van der Waals surface area contributed by atoms with Crippen LogP contribution in [0.25, 0.3) is 0 Å². The lowest BCUT2D eigenvalue weighted by Crippen LogP contribution is -2.36. The van der Waals surface area contributed by atoms with Gasteiger partial charge in [-0.05, 0) is 37.5 Å². The second kappa shape index (κ2) is 13.4. The van der Waals surface area contributed by atoms with Crippen molar-refractivity contribution < 1.29 is 38.1 Å². The van der Waals surface area contributed by atoms with Gasteiger partial charge in [-0.15, -0.1) is 0 Å². The highest BCUT2D eigenvalue weighted by molar-refractivity contribution is 5.76. The summed E-state index contributed by atoms with van der Waals surface area (Å²) < 4.78 is 20.4. The molecule has 0 aromatic heterocycles. The number of hydrogen-bond acceptors (Lipinski definition) is 9. The van der Waals surface area contributed by atoms with E-state index in [1.54, 1.807) is 13.0 Å². The molecule has 0 aliphatic carbocycles. The van der Waals surface area contributed by atoms with Gasteiger partial charge in [0.1, 0.15) is 18.8 Å². The fourth-order valence-corrected chi connectivity index (χ4v) is 2.63. The van der Waals surface area contributed by atoms with Crippen LogP contribution in [-0.4, -0.2) is 42.6 Å². The molecular weight excluding hydrogens is 406 g/mol. The average Bonchev–Trinajstić information content (AvgIpc) is 2.67. The van der Waals surface area contributed by atoms with Crippen molar-refractivity contribution in [3.8, 4) is 11.5 Å². The highest BCUT2D eigenvalue weighted by atomic mass is 16.6. The van der Waals surface area contributed by atoms with Gasteiger partial charge in [0.05, 0.1) is 0 Å². The predicted molar refractivity (Wildman–Crippen MR) is 111 cm³/mol. The predicted octanol–water partition coefficient (Wildman–Crippen LogP) is 2.46. The monoisotopic (exact) mass is 437 g/mol. The molecule has 0 spiro atoms. The molecule has 9 heteroatoms. The van der Waals surface area contributed by atoms with Crippen molar-refractivity contribution in [1.29, 1.82) is 0 Å². The van der Waals surface area contributed by atoms with E-state index in [-0.39, 0.29) is 30.5 Å². The lowest BCUT2D eigenvalue weighted by atomic mass is 10.1. The number of rotatable bonds is 12. The molecule has 9 nitrogen and oxygen atoms in total. The molecule has 0 saturated carbocycles. The van der Waals surface area contributed by atoms with Gasteiger partial charge in [-0.2, -0.15) is 0 Å². The van der Waals surface area contributed by atoms with E-state index in [1.165, 1.54) is 26.0 Å². The van der Waals surface area contributed by atoms with Crippen molar-refractivity contribution in [3.63, 3.8) is 0 Å². The van der Waals surface area contributed by atoms with Gasteiger partial charge < -0.3 is 24.7 Å². The second-order valence-electron chi connectivity index (χ2n) is 7.17. The van der Waals surface area contributed by atoms with Crippen LogP contribution in [0.4, 0.5) is 0 Å². The molecule has 2 N–H and O–H groups in total. The zero-order chi connectivity index (χ0) is 23.4. The number of unbranched alkanes of at least 4 members (excludes halogenated alkanes) is 2. The summed E-state index contributed by atoms with van der Waals surface area (Å²) >= 11 is 0. The van der Waals surface area contributed by atoms with Crippen LogP contribution >= 0.6 is 0 Å². The Kier molecular flexibility index (Phi) is 11.3. The van der Waals surface area contributed by atoms with Gasteiger partial charge in [0.2, 0.25) is 0 Å². The minimum atomic E-state index is -0.989. The Bertz CT molecular complexity index is 777. The van der Waals surface area contributed by atoms with Gasteiger partial charge in [0, 0.05) is 20.3 Å². The maximum Gasteiger partial charge on any atom is 0.323 e. The molecule has 0 radical (unpaired) electrons. The van der Waals surface area contributed by atoms with Crippen LogP contribution < -0.4 is 15.2 Å². The summed E-state index contributed by atoms with van der Waals surface area (Å²) in [5.41, 5.74) is 6.49. The van der Waals surface area contributed by atoms with E-state index in [0.717, 1.165) is 19.3 Å². The first-order valence-electron chi connectivity index (χ1n) is 10.2. The first-order valence-corrected chi connectivity index (χ1v) is 10.2. The van der Waals surface area contributed by atoms with Gasteiger partial charge in [0.25, 0.3) is 0 Å². The highest BCUT2D eigenvalue weighted by Crippen LogP contribution is 2.29. The molecule has 1 rings (SSSR count). The third-order valence-corrected chi connectivity index (χ3v) is 4.05. The average molecular weight is 437 g/mol. The molecule has 2 atom stereocenters. The molecule has 0 fully saturated rings. The Morgan fingerprint density at radius 1 is 1.00 bits per heavy atom. The SMILES string of the molecule is CCCCCC(=O)O[C@@H](C)COC(=O)[C@@H](N)Cc1ccc(OC(C)=O)c(OC(C)=O)c1. The Balaban J connectivity index is 2.60. The third kappa shape index (κ3) is 10.6. The van der Waals surface area contributed by atoms with Crippen LogP contribution in [0.3, 0.4) is 0 Å². The van der Waals surface area contributed by atoms with Gasteiger partial charge in [-0.3, -0.25) is 19.2 Å². The van der Waals surface area contributed by atoms with E-state index in [4.69, 9.17) is 24.7 Å². The summed E-state index contributed by atoms with van der Waals surface area (Å²) in [5, 5.41) is 0. The summed E-state index contributed by atoms with van der Waals surface area (Å²) in [4.78, 5) is 46.4. The Hall–Kier alpha value is -2.94. The maximum absolute atomic E-state index is 12.2. The topological polar surface area (TPSA) is 131 Å². The summed E-state index contributed by atoms with van der Waals surface area (Å²) in [6, 6.07) is 3.52. The van der Waals surface area contributed by atoms with Gasteiger partial charge >= 0.3 is 23.9 Å².